The fourth-order valence-electron chi connectivity index (χ4n) is 2.70. The van der Waals surface area contributed by atoms with Crippen molar-refractivity contribution in [2.75, 3.05) is 33.4 Å². The van der Waals surface area contributed by atoms with Crippen LogP contribution in [0.4, 0.5) is 0 Å². The molecule has 2 rings (SSSR count). The summed E-state index contributed by atoms with van der Waals surface area (Å²) >= 11 is 0. The second-order valence-electron chi connectivity index (χ2n) is 6.31. The second-order valence-corrected chi connectivity index (χ2v) is 8.04. The van der Waals surface area contributed by atoms with Crippen LogP contribution in [0, 0.1) is 0 Å². The Kier molecular flexibility index (Phi) is 9.11. The van der Waals surface area contributed by atoms with Gasteiger partial charge in [0.05, 0.1) is 7.11 Å². The maximum Gasteiger partial charge on any atom is 0.251 e. The van der Waals surface area contributed by atoms with Gasteiger partial charge in [-0.15, -0.1) is 0 Å². The van der Waals surface area contributed by atoms with Crippen LogP contribution in [0.2, 0.25) is 0 Å². The number of hydrogen-bond donors (Lipinski definition) is 2. The molecule has 0 saturated carbocycles. The van der Waals surface area contributed by atoms with Gasteiger partial charge in [-0.3, -0.25) is 4.79 Å². The van der Waals surface area contributed by atoms with E-state index in [1.807, 2.05) is 37.3 Å². The average molecular weight is 421 g/mol. The number of methoxy groups -OCH3 is 1. The number of nitrogens with one attached hydrogen (secondary N) is 2. The Morgan fingerprint density at radius 1 is 1.07 bits per heavy atom. The van der Waals surface area contributed by atoms with Crippen molar-refractivity contribution < 1.29 is 22.7 Å². The van der Waals surface area contributed by atoms with E-state index in [9.17, 15) is 13.2 Å². The Hall–Kier alpha value is -2.42. The van der Waals surface area contributed by atoms with Crippen molar-refractivity contribution in [2.45, 2.75) is 24.7 Å². The lowest BCUT2D eigenvalue weighted by molar-refractivity contribution is 0.0944. The van der Waals surface area contributed by atoms with Gasteiger partial charge in [0.15, 0.2) is 0 Å². The van der Waals surface area contributed by atoms with E-state index in [4.69, 9.17) is 9.47 Å². The minimum atomic E-state index is -3.84. The zero-order chi connectivity index (χ0) is 21.1. The second kappa shape index (κ2) is 11.5. The summed E-state index contributed by atoms with van der Waals surface area (Å²) in [6, 6.07) is 14.0. The largest absolute Gasteiger partial charge is 0.495 e. The van der Waals surface area contributed by atoms with Crippen LogP contribution in [-0.2, 0) is 21.2 Å². The Bertz CT molecular complexity index is 885. The van der Waals surface area contributed by atoms with E-state index >= 15 is 0 Å². The molecule has 0 aliphatic carbocycles. The molecule has 8 heteroatoms. The van der Waals surface area contributed by atoms with Gasteiger partial charge < -0.3 is 14.8 Å². The molecule has 0 fully saturated rings. The van der Waals surface area contributed by atoms with Gasteiger partial charge in [-0.2, -0.15) is 0 Å². The number of ether oxygens (including phenoxy) is 2. The van der Waals surface area contributed by atoms with Crippen molar-refractivity contribution in [3.63, 3.8) is 0 Å². The number of rotatable bonds is 12. The lowest BCUT2D eigenvalue weighted by Gasteiger charge is -2.13. The maximum atomic E-state index is 12.8. The molecule has 0 aliphatic rings. The van der Waals surface area contributed by atoms with Gasteiger partial charge in [0.25, 0.3) is 5.91 Å². The highest BCUT2D eigenvalue weighted by molar-refractivity contribution is 7.89. The molecule has 0 bridgehead atoms. The summed E-state index contributed by atoms with van der Waals surface area (Å²) in [5.41, 5.74) is 1.29. The molecular weight excluding hydrogens is 392 g/mol. The first kappa shape index (κ1) is 22.9. The van der Waals surface area contributed by atoms with Crippen molar-refractivity contribution in [1.82, 2.24) is 10.0 Å². The molecule has 2 N–H and O–H groups in total. The fourth-order valence-corrected chi connectivity index (χ4v) is 3.93. The van der Waals surface area contributed by atoms with Gasteiger partial charge in [-0.1, -0.05) is 30.3 Å². The number of carbonyl (C=O) groups excluding carboxylic acids is 1. The van der Waals surface area contributed by atoms with Gasteiger partial charge in [0, 0.05) is 31.9 Å². The molecule has 0 radical (unpaired) electrons. The highest BCUT2D eigenvalue weighted by atomic mass is 32.2. The Morgan fingerprint density at radius 3 is 2.52 bits per heavy atom. The van der Waals surface area contributed by atoms with Crippen LogP contribution in [0.25, 0.3) is 0 Å². The van der Waals surface area contributed by atoms with Crippen LogP contribution in [0.3, 0.4) is 0 Å². The maximum absolute atomic E-state index is 12.8. The topological polar surface area (TPSA) is 93.7 Å². The predicted molar refractivity (Wildman–Crippen MR) is 112 cm³/mol. The van der Waals surface area contributed by atoms with Gasteiger partial charge >= 0.3 is 0 Å². The first-order valence-corrected chi connectivity index (χ1v) is 11.0. The quantitative estimate of drug-likeness (QED) is 0.514. The Morgan fingerprint density at radius 2 is 1.83 bits per heavy atom. The van der Waals surface area contributed by atoms with E-state index in [1.165, 1.54) is 19.2 Å². The summed E-state index contributed by atoms with van der Waals surface area (Å²) in [5, 5.41) is 2.76. The van der Waals surface area contributed by atoms with Crippen molar-refractivity contribution in [1.29, 1.82) is 0 Å². The molecule has 7 nitrogen and oxygen atoms in total. The fraction of sp³-hybridized carbons (Fsp3) is 0.381. The summed E-state index contributed by atoms with van der Waals surface area (Å²) in [6.07, 6.45) is 1.24. The van der Waals surface area contributed by atoms with E-state index < -0.39 is 10.0 Å². The summed E-state index contributed by atoms with van der Waals surface area (Å²) in [6.45, 7) is 3.78. The van der Waals surface area contributed by atoms with Crippen LogP contribution in [0.1, 0.15) is 29.3 Å². The third-order valence-corrected chi connectivity index (χ3v) is 5.70. The predicted octanol–water partition coefficient (Wildman–Crippen LogP) is 2.37. The van der Waals surface area contributed by atoms with Gasteiger partial charge in [-0.05, 0) is 43.5 Å². The average Bonchev–Trinajstić information content (AvgIpc) is 2.73. The zero-order valence-electron chi connectivity index (χ0n) is 16.8. The monoisotopic (exact) mass is 420 g/mol. The van der Waals surface area contributed by atoms with Crippen LogP contribution in [0.15, 0.2) is 53.4 Å². The smallest absolute Gasteiger partial charge is 0.251 e. The lowest BCUT2D eigenvalue weighted by atomic mass is 10.2. The molecule has 1 amide bonds. The first-order valence-electron chi connectivity index (χ1n) is 9.55. The van der Waals surface area contributed by atoms with Crippen molar-refractivity contribution >= 4 is 15.9 Å². The van der Waals surface area contributed by atoms with Crippen LogP contribution < -0.4 is 14.8 Å². The SMILES string of the molecule is CCOCCCNC(=O)c1ccc(OC)c(S(=O)(=O)NCCc2ccccc2)c1. The number of amides is 1. The third-order valence-electron chi connectivity index (χ3n) is 4.22. The molecule has 29 heavy (non-hydrogen) atoms. The third kappa shape index (κ3) is 7.16. The van der Waals surface area contributed by atoms with E-state index in [2.05, 4.69) is 10.0 Å². The standard InChI is InChI=1S/C21H28N2O5S/c1-3-28-15-7-13-22-21(24)18-10-11-19(27-2)20(16-18)29(25,26)23-14-12-17-8-5-4-6-9-17/h4-6,8-11,16,23H,3,7,12-15H2,1-2H3,(H,22,24). The normalized spacial score (nSPS) is 11.2. The number of benzene rings is 2. The molecule has 0 unspecified atom stereocenters. The zero-order valence-corrected chi connectivity index (χ0v) is 17.6. The van der Waals surface area contributed by atoms with Gasteiger partial charge in [0.2, 0.25) is 10.0 Å². The molecule has 2 aromatic rings. The Labute approximate surface area is 172 Å². The highest BCUT2D eigenvalue weighted by Gasteiger charge is 2.21. The number of sulfonamides is 1. The van der Waals surface area contributed by atoms with Crippen LogP contribution >= 0.6 is 0 Å². The molecule has 0 aromatic heterocycles. The Balaban J connectivity index is 2.05. The lowest BCUT2D eigenvalue weighted by Crippen LogP contribution is -2.28. The summed E-state index contributed by atoms with van der Waals surface area (Å²) in [5.74, 6) is -0.157. The summed E-state index contributed by atoms with van der Waals surface area (Å²) in [4.78, 5) is 12.3. The molecule has 0 aliphatic heterocycles. The number of hydrogen-bond acceptors (Lipinski definition) is 5. The molecular formula is C21H28N2O5S. The molecule has 0 saturated heterocycles. The summed E-state index contributed by atoms with van der Waals surface area (Å²) < 4.78 is 38.5. The number of carbonyl (C=O) groups is 1. The van der Waals surface area contributed by atoms with Gasteiger partial charge in [-0.25, -0.2) is 13.1 Å². The highest BCUT2D eigenvalue weighted by Crippen LogP contribution is 2.25. The van der Waals surface area contributed by atoms with Crippen molar-refractivity contribution in [3.8, 4) is 5.75 Å². The van der Waals surface area contributed by atoms with E-state index in [-0.39, 0.29) is 28.7 Å². The van der Waals surface area contributed by atoms with Crippen LogP contribution in [0.5, 0.6) is 5.75 Å². The summed E-state index contributed by atoms with van der Waals surface area (Å²) in [7, 11) is -2.44. The molecule has 0 heterocycles. The molecule has 0 spiro atoms. The minimum absolute atomic E-state index is 0.0602. The molecule has 158 valence electrons. The molecule has 0 atom stereocenters. The van der Waals surface area contributed by atoms with Crippen molar-refractivity contribution in [3.05, 3.63) is 59.7 Å². The van der Waals surface area contributed by atoms with E-state index in [1.54, 1.807) is 6.07 Å². The van der Waals surface area contributed by atoms with E-state index in [0.717, 1.165) is 5.56 Å². The van der Waals surface area contributed by atoms with Crippen molar-refractivity contribution in [2.24, 2.45) is 0 Å². The first-order chi connectivity index (χ1) is 14.0. The van der Waals surface area contributed by atoms with E-state index in [0.29, 0.717) is 32.6 Å². The van der Waals surface area contributed by atoms with Crippen LogP contribution in [-0.4, -0.2) is 47.7 Å². The minimum Gasteiger partial charge on any atom is -0.495 e. The molecule has 2 aromatic carbocycles. The van der Waals surface area contributed by atoms with Gasteiger partial charge in [0.1, 0.15) is 10.6 Å².